The van der Waals surface area contributed by atoms with Gasteiger partial charge in [0.05, 0.1) is 11.0 Å². The molecule has 0 amide bonds. The van der Waals surface area contributed by atoms with Crippen LogP contribution >= 0.6 is 0 Å². The lowest BCUT2D eigenvalue weighted by Gasteiger charge is -2.23. The fourth-order valence-electron chi connectivity index (χ4n) is 2.04. The number of nitrogens with two attached hydrogens (primary N) is 1. The van der Waals surface area contributed by atoms with E-state index in [2.05, 4.69) is 0 Å². The Kier molecular flexibility index (Phi) is 5.76. The van der Waals surface area contributed by atoms with Crippen molar-refractivity contribution in [1.82, 2.24) is 4.31 Å². The number of aryl methyl sites for hydroxylation is 1. The summed E-state index contributed by atoms with van der Waals surface area (Å²) in [5, 5.41) is 8.72. The van der Waals surface area contributed by atoms with Crippen LogP contribution in [0.3, 0.4) is 0 Å². The van der Waals surface area contributed by atoms with Gasteiger partial charge in [-0.05, 0) is 43.0 Å². The first kappa shape index (κ1) is 17.5. The van der Waals surface area contributed by atoms with Gasteiger partial charge in [-0.2, -0.15) is 9.57 Å². The monoisotopic (exact) mass is 309 g/mol. The molecule has 0 fully saturated rings. The summed E-state index contributed by atoms with van der Waals surface area (Å²) in [6.07, 6.45) is 0.173. The minimum absolute atomic E-state index is 0.173. The second-order valence-corrected chi connectivity index (χ2v) is 7.56. The van der Waals surface area contributed by atoms with E-state index in [1.54, 1.807) is 6.07 Å². The topological polar surface area (TPSA) is 87.2 Å². The van der Waals surface area contributed by atoms with Crippen LogP contribution in [0.2, 0.25) is 0 Å². The van der Waals surface area contributed by atoms with Crippen molar-refractivity contribution >= 4 is 15.7 Å². The average Bonchev–Trinajstić information content (AvgIpc) is 2.39. The molecule has 1 aromatic carbocycles. The Morgan fingerprint density at radius 2 is 1.95 bits per heavy atom. The fourth-order valence-corrected chi connectivity index (χ4v) is 3.77. The molecular weight excluding hydrogens is 286 g/mol. The normalized spacial score (nSPS) is 11.9. The van der Waals surface area contributed by atoms with Gasteiger partial charge in [-0.15, -0.1) is 0 Å². The van der Waals surface area contributed by atoms with Gasteiger partial charge in [-0.3, -0.25) is 0 Å². The summed E-state index contributed by atoms with van der Waals surface area (Å²) in [5.74, 6) is 0.183. The van der Waals surface area contributed by atoms with Crippen LogP contribution in [-0.4, -0.2) is 25.8 Å². The van der Waals surface area contributed by atoms with E-state index in [1.165, 1.54) is 10.4 Å². The highest BCUT2D eigenvalue weighted by Crippen LogP contribution is 2.24. The Morgan fingerprint density at radius 3 is 2.43 bits per heavy atom. The maximum absolute atomic E-state index is 12.8. The van der Waals surface area contributed by atoms with Crippen LogP contribution in [-0.2, 0) is 10.0 Å². The second kappa shape index (κ2) is 6.92. The number of anilines is 1. The van der Waals surface area contributed by atoms with Crippen molar-refractivity contribution in [2.45, 2.75) is 39.0 Å². The highest BCUT2D eigenvalue weighted by molar-refractivity contribution is 7.89. The highest BCUT2D eigenvalue weighted by atomic mass is 32.2. The van der Waals surface area contributed by atoms with Gasteiger partial charge in [0.25, 0.3) is 0 Å². The van der Waals surface area contributed by atoms with Crippen LogP contribution in [0.4, 0.5) is 5.69 Å². The molecule has 0 aromatic heterocycles. The van der Waals surface area contributed by atoms with Gasteiger partial charge in [0.2, 0.25) is 10.0 Å². The van der Waals surface area contributed by atoms with E-state index in [-0.39, 0.29) is 23.8 Å². The molecule has 0 saturated heterocycles. The van der Waals surface area contributed by atoms with Gasteiger partial charge in [-0.25, -0.2) is 8.42 Å². The lowest BCUT2D eigenvalue weighted by atomic mass is 10.1. The molecule has 5 nitrogen and oxygen atoms in total. The summed E-state index contributed by atoms with van der Waals surface area (Å²) in [5.41, 5.74) is 8.09. The van der Waals surface area contributed by atoms with Gasteiger partial charge < -0.3 is 5.73 Å². The summed E-state index contributed by atoms with van der Waals surface area (Å²) in [4.78, 5) is 0.196. The summed E-state index contributed by atoms with van der Waals surface area (Å²) < 4.78 is 26.9. The summed E-state index contributed by atoms with van der Waals surface area (Å²) >= 11 is 0. The summed E-state index contributed by atoms with van der Waals surface area (Å²) in [7, 11) is -3.63. The number of sulfonamides is 1. The molecule has 116 valence electrons. The van der Waals surface area contributed by atoms with E-state index in [1.807, 2.05) is 33.8 Å². The standard InChI is InChI=1S/C15H23N3O2S/c1-11(2)10-18(7-5-6-16)21(19,20)14-8-12(3)13(4)15(17)9-14/h8-9,11H,5,7,10,17H2,1-4H3. The van der Waals surface area contributed by atoms with Crippen molar-refractivity contribution in [3.63, 3.8) is 0 Å². The lowest BCUT2D eigenvalue weighted by Crippen LogP contribution is -2.35. The first-order valence-corrected chi connectivity index (χ1v) is 8.38. The SMILES string of the molecule is Cc1cc(S(=O)(=O)N(CCC#N)CC(C)C)cc(N)c1C. The molecule has 0 bridgehead atoms. The first-order chi connectivity index (χ1) is 9.70. The molecule has 0 atom stereocenters. The molecule has 0 aliphatic carbocycles. The molecule has 0 heterocycles. The summed E-state index contributed by atoms with van der Waals surface area (Å²) in [6.45, 7) is 8.18. The van der Waals surface area contributed by atoms with Gasteiger partial charge in [-0.1, -0.05) is 13.8 Å². The minimum Gasteiger partial charge on any atom is -0.398 e. The zero-order valence-corrected chi connectivity index (χ0v) is 13.9. The van der Waals surface area contributed by atoms with Crippen molar-refractivity contribution in [2.75, 3.05) is 18.8 Å². The Labute approximate surface area is 127 Å². The largest absolute Gasteiger partial charge is 0.398 e. The van der Waals surface area contributed by atoms with Crippen LogP contribution in [0.15, 0.2) is 17.0 Å². The van der Waals surface area contributed by atoms with Crippen LogP contribution in [0, 0.1) is 31.1 Å². The molecule has 21 heavy (non-hydrogen) atoms. The molecule has 0 saturated carbocycles. The highest BCUT2D eigenvalue weighted by Gasteiger charge is 2.25. The molecule has 0 spiro atoms. The van der Waals surface area contributed by atoms with Gasteiger partial charge in [0, 0.05) is 25.2 Å². The number of nitriles is 1. The Hall–Kier alpha value is -1.58. The zero-order chi connectivity index (χ0) is 16.2. The van der Waals surface area contributed by atoms with Gasteiger partial charge in [0.1, 0.15) is 0 Å². The molecule has 0 aliphatic heterocycles. The Bertz CT molecular complexity index is 622. The third kappa shape index (κ3) is 4.19. The lowest BCUT2D eigenvalue weighted by molar-refractivity contribution is 0.373. The maximum atomic E-state index is 12.8. The number of nitrogen functional groups attached to an aromatic ring is 1. The maximum Gasteiger partial charge on any atom is 0.243 e. The van der Waals surface area contributed by atoms with Gasteiger partial charge in [0.15, 0.2) is 0 Å². The van der Waals surface area contributed by atoms with Crippen molar-refractivity contribution in [3.05, 3.63) is 23.3 Å². The second-order valence-electron chi connectivity index (χ2n) is 5.62. The third-order valence-corrected chi connectivity index (χ3v) is 5.20. The van der Waals surface area contributed by atoms with E-state index in [0.717, 1.165) is 11.1 Å². The van der Waals surface area contributed by atoms with E-state index in [9.17, 15) is 8.42 Å². The quantitative estimate of drug-likeness (QED) is 0.818. The molecular formula is C15H23N3O2S. The molecule has 1 aromatic rings. The third-order valence-electron chi connectivity index (χ3n) is 3.36. The zero-order valence-electron chi connectivity index (χ0n) is 13.0. The predicted octanol–water partition coefficient (Wildman–Crippen LogP) is 2.45. The van der Waals surface area contributed by atoms with Crippen LogP contribution in [0.25, 0.3) is 0 Å². The summed E-state index contributed by atoms with van der Waals surface area (Å²) in [6, 6.07) is 5.13. The van der Waals surface area contributed by atoms with E-state index in [4.69, 9.17) is 11.0 Å². The van der Waals surface area contributed by atoms with Gasteiger partial charge >= 0.3 is 0 Å². The Morgan fingerprint density at radius 1 is 1.33 bits per heavy atom. The smallest absolute Gasteiger partial charge is 0.243 e. The molecule has 2 N–H and O–H groups in total. The van der Waals surface area contributed by atoms with Crippen LogP contribution < -0.4 is 5.73 Å². The van der Waals surface area contributed by atoms with Crippen molar-refractivity contribution in [3.8, 4) is 6.07 Å². The van der Waals surface area contributed by atoms with E-state index < -0.39 is 10.0 Å². The number of hydrogen-bond donors (Lipinski definition) is 1. The average molecular weight is 309 g/mol. The van der Waals surface area contributed by atoms with Crippen molar-refractivity contribution in [2.24, 2.45) is 5.92 Å². The molecule has 0 aliphatic rings. The van der Waals surface area contributed by atoms with Crippen LogP contribution in [0.1, 0.15) is 31.4 Å². The molecule has 0 radical (unpaired) electrons. The van der Waals surface area contributed by atoms with E-state index >= 15 is 0 Å². The Balaban J connectivity index is 3.25. The first-order valence-electron chi connectivity index (χ1n) is 6.94. The number of nitrogens with zero attached hydrogens (tertiary/aromatic N) is 2. The molecule has 6 heteroatoms. The number of rotatable bonds is 6. The van der Waals surface area contributed by atoms with Crippen molar-refractivity contribution in [1.29, 1.82) is 5.26 Å². The van der Waals surface area contributed by atoms with Crippen LogP contribution in [0.5, 0.6) is 0 Å². The predicted molar refractivity (Wildman–Crippen MR) is 84.2 cm³/mol. The number of hydrogen-bond acceptors (Lipinski definition) is 4. The van der Waals surface area contributed by atoms with E-state index in [0.29, 0.717) is 12.2 Å². The fraction of sp³-hybridized carbons (Fsp3) is 0.533. The minimum atomic E-state index is -3.63. The molecule has 1 rings (SSSR count). The molecule has 0 unspecified atom stereocenters. The van der Waals surface area contributed by atoms with Crippen molar-refractivity contribution < 1.29 is 8.42 Å². The number of benzene rings is 1.